The predicted molar refractivity (Wildman–Crippen MR) is 83.8 cm³/mol. The summed E-state index contributed by atoms with van der Waals surface area (Å²) >= 11 is 0. The maximum absolute atomic E-state index is 11.6. The van der Waals surface area contributed by atoms with E-state index in [2.05, 4.69) is 15.8 Å². The summed E-state index contributed by atoms with van der Waals surface area (Å²) in [5, 5.41) is 17.3. The molecule has 22 heavy (non-hydrogen) atoms. The molecule has 0 aromatic heterocycles. The first-order valence-electron chi connectivity index (χ1n) is 6.50. The fourth-order valence-electron chi connectivity index (χ4n) is 1.64. The lowest BCUT2D eigenvalue weighted by molar-refractivity contribution is -0.384. The average Bonchev–Trinajstić information content (AvgIpc) is 2.54. The number of benzene rings is 2. The number of para-hydroxylation sites is 1. The smallest absolute Gasteiger partial charge is 0.269 e. The number of nitro benzene ring substituents is 1. The summed E-state index contributed by atoms with van der Waals surface area (Å²) in [5.41, 5.74) is 3.88. The number of hydrogen-bond acceptors (Lipinski definition) is 5. The van der Waals surface area contributed by atoms with E-state index in [0.717, 1.165) is 5.69 Å². The maximum atomic E-state index is 11.6. The minimum atomic E-state index is -0.474. The molecule has 0 unspecified atom stereocenters. The molecule has 0 aliphatic heterocycles. The van der Waals surface area contributed by atoms with Gasteiger partial charge in [0, 0.05) is 17.8 Å². The fraction of sp³-hybridized carbons (Fsp3) is 0.0667. The summed E-state index contributed by atoms with van der Waals surface area (Å²) in [5.74, 6) is -0.290. The second kappa shape index (κ2) is 7.53. The molecule has 112 valence electrons. The zero-order valence-corrected chi connectivity index (χ0v) is 11.6. The lowest BCUT2D eigenvalue weighted by Gasteiger charge is -2.04. The monoisotopic (exact) mass is 298 g/mol. The topological polar surface area (TPSA) is 96.6 Å². The summed E-state index contributed by atoms with van der Waals surface area (Å²) in [4.78, 5) is 21.6. The summed E-state index contributed by atoms with van der Waals surface area (Å²) in [7, 11) is 0. The molecule has 2 N–H and O–H groups in total. The number of carbonyl (C=O) groups excluding carboxylic acids is 1. The highest BCUT2D eigenvalue weighted by Crippen LogP contribution is 2.10. The summed E-state index contributed by atoms with van der Waals surface area (Å²) < 4.78 is 0. The molecule has 2 aromatic carbocycles. The SMILES string of the molecule is O=C(CNc1ccccc1)NN=Cc1ccc([N+](=O)[O-])cc1. The minimum absolute atomic E-state index is 0.00764. The number of nitrogens with one attached hydrogen (secondary N) is 2. The van der Waals surface area contributed by atoms with E-state index in [4.69, 9.17) is 0 Å². The van der Waals surface area contributed by atoms with Crippen molar-refractivity contribution in [3.8, 4) is 0 Å². The second-order valence-corrected chi connectivity index (χ2v) is 4.36. The molecule has 0 bridgehead atoms. The van der Waals surface area contributed by atoms with Crippen LogP contribution >= 0.6 is 0 Å². The Bertz CT molecular complexity index is 669. The van der Waals surface area contributed by atoms with Gasteiger partial charge in [-0.05, 0) is 29.8 Å². The van der Waals surface area contributed by atoms with Crippen molar-refractivity contribution < 1.29 is 9.72 Å². The highest BCUT2D eigenvalue weighted by Gasteiger charge is 2.02. The molecule has 0 saturated heterocycles. The summed E-state index contributed by atoms with van der Waals surface area (Å²) in [6.45, 7) is 0.0988. The van der Waals surface area contributed by atoms with Gasteiger partial charge in [-0.3, -0.25) is 14.9 Å². The number of hydrazone groups is 1. The lowest BCUT2D eigenvalue weighted by Crippen LogP contribution is -2.25. The number of anilines is 1. The molecule has 7 heteroatoms. The molecule has 0 spiro atoms. The van der Waals surface area contributed by atoms with Crippen LogP contribution in [0.3, 0.4) is 0 Å². The van der Waals surface area contributed by atoms with Crippen molar-refractivity contribution in [1.82, 2.24) is 5.43 Å². The van der Waals surface area contributed by atoms with E-state index >= 15 is 0 Å². The highest BCUT2D eigenvalue weighted by atomic mass is 16.6. The molecule has 7 nitrogen and oxygen atoms in total. The van der Waals surface area contributed by atoms with Crippen LogP contribution in [0.25, 0.3) is 0 Å². The molecule has 0 radical (unpaired) electrons. The number of non-ortho nitro benzene ring substituents is 1. The fourth-order valence-corrected chi connectivity index (χ4v) is 1.64. The normalized spacial score (nSPS) is 10.4. The van der Waals surface area contributed by atoms with Crippen LogP contribution in [0.2, 0.25) is 0 Å². The van der Waals surface area contributed by atoms with E-state index in [0.29, 0.717) is 5.56 Å². The van der Waals surface area contributed by atoms with Crippen molar-refractivity contribution in [1.29, 1.82) is 0 Å². The number of nitro groups is 1. The molecule has 0 fully saturated rings. The van der Waals surface area contributed by atoms with E-state index < -0.39 is 4.92 Å². The second-order valence-electron chi connectivity index (χ2n) is 4.36. The van der Waals surface area contributed by atoms with Crippen LogP contribution in [-0.2, 0) is 4.79 Å². The molecule has 0 heterocycles. The Morgan fingerprint density at radius 2 is 1.82 bits per heavy atom. The third-order valence-electron chi connectivity index (χ3n) is 2.73. The zero-order chi connectivity index (χ0) is 15.8. The van der Waals surface area contributed by atoms with E-state index in [1.807, 2.05) is 30.3 Å². The third kappa shape index (κ3) is 4.71. The van der Waals surface area contributed by atoms with Crippen LogP contribution < -0.4 is 10.7 Å². The van der Waals surface area contributed by atoms with Crippen molar-refractivity contribution in [2.45, 2.75) is 0 Å². The molecule has 0 aliphatic carbocycles. The van der Waals surface area contributed by atoms with E-state index in [9.17, 15) is 14.9 Å². The number of hydrogen-bond donors (Lipinski definition) is 2. The molecular weight excluding hydrogens is 284 g/mol. The van der Waals surface area contributed by atoms with Gasteiger partial charge in [-0.2, -0.15) is 5.10 Å². The third-order valence-corrected chi connectivity index (χ3v) is 2.73. The van der Waals surface area contributed by atoms with E-state index in [1.165, 1.54) is 18.3 Å². The van der Waals surface area contributed by atoms with Gasteiger partial charge in [0.05, 0.1) is 17.7 Å². The summed E-state index contributed by atoms with van der Waals surface area (Å²) in [6, 6.07) is 15.2. The lowest BCUT2D eigenvalue weighted by atomic mass is 10.2. The molecular formula is C15H14N4O3. The number of rotatable bonds is 6. The predicted octanol–water partition coefficient (Wildman–Crippen LogP) is 2.16. The number of amides is 1. The van der Waals surface area contributed by atoms with Crippen molar-refractivity contribution >= 4 is 23.5 Å². The molecule has 2 rings (SSSR count). The van der Waals surface area contributed by atoms with Crippen LogP contribution in [0, 0.1) is 10.1 Å². The minimum Gasteiger partial charge on any atom is -0.376 e. The Morgan fingerprint density at radius 1 is 1.14 bits per heavy atom. The van der Waals surface area contributed by atoms with E-state index in [1.54, 1.807) is 12.1 Å². The summed E-state index contributed by atoms with van der Waals surface area (Å²) in [6.07, 6.45) is 1.42. The van der Waals surface area contributed by atoms with Crippen molar-refractivity contribution in [2.75, 3.05) is 11.9 Å². The average molecular weight is 298 g/mol. The van der Waals surface area contributed by atoms with Gasteiger partial charge in [0.2, 0.25) is 0 Å². The van der Waals surface area contributed by atoms with Crippen LogP contribution in [-0.4, -0.2) is 23.6 Å². The quantitative estimate of drug-likeness (QED) is 0.485. The molecule has 0 aliphatic rings. The van der Waals surface area contributed by atoms with Crippen molar-refractivity contribution in [2.24, 2.45) is 5.10 Å². The van der Waals surface area contributed by atoms with Crippen LogP contribution in [0.1, 0.15) is 5.56 Å². The Kier molecular flexibility index (Phi) is 5.20. The van der Waals surface area contributed by atoms with E-state index in [-0.39, 0.29) is 18.1 Å². The van der Waals surface area contributed by atoms with Gasteiger partial charge < -0.3 is 5.32 Å². The molecule has 0 atom stereocenters. The number of carbonyl (C=O) groups is 1. The van der Waals surface area contributed by atoms with Crippen molar-refractivity contribution in [3.63, 3.8) is 0 Å². The van der Waals surface area contributed by atoms with Crippen molar-refractivity contribution in [3.05, 3.63) is 70.3 Å². The Labute approximate surface area is 126 Å². The largest absolute Gasteiger partial charge is 0.376 e. The first kappa shape index (κ1) is 15.2. The first-order valence-corrected chi connectivity index (χ1v) is 6.50. The van der Waals surface area contributed by atoms with Gasteiger partial charge in [-0.15, -0.1) is 0 Å². The van der Waals surface area contributed by atoms with Gasteiger partial charge in [0.15, 0.2) is 0 Å². The van der Waals surface area contributed by atoms with Crippen LogP contribution in [0.4, 0.5) is 11.4 Å². The van der Waals surface area contributed by atoms with Gasteiger partial charge in [0.25, 0.3) is 11.6 Å². The number of nitrogens with zero attached hydrogens (tertiary/aromatic N) is 2. The van der Waals surface area contributed by atoms with Gasteiger partial charge in [-0.1, -0.05) is 18.2 Å². The Balaban J connectivity index is 1.79. The van der Waals surface area contributed by atoms with Gasteiger partial charge >= 0.3 is 0 Å². The molecule has 2 aromatic rings. The Hall–Kier alpha value is -3.22. The van der Waals surface area contributed by atoms with Crippen LogP contribution in [0.5, 0.6) is 0 Å². The van der Waals surface area contributed by atoms with Crippen LogP contribution in [0.15, 0.2) is 59.7 Å². The zero-order valence-electron chi connectivity index (χ0n) is 11.6. The molecule has 0 saturated carbocycles. The standard InChI is InChI=1S/C15H14N4O3/c20-15(11-16-13-4-2-1-3-5-13)18-17-10-12-6-8-14(9-7-12)19(21)22/h1-10,16H,11H2,(H,18,20). The first-order chi connectivity index (χ1) is 10.6. The van der Waals surface area contributed by atoms with Gasteiger partial charge in [-0.25, -0.2) is 5.43 Å². The maximum Gasteiger partial charge on any atom is 0.269 e. The molecule has 1 amide bonds. The van der Waals surface area contributed by atoms with Gasteiger partial charge in [0.1, 0.15) is 0 Å². The Morgan fingerprint density at radius 3 is 2.45 bits per heavy atom. The highest BCUT2D eigenvalue weighted by molar-refractivity contribution is 5.84.